The molecule has 3 aliphatic carbocycles. The molecule has 4 aliphatic rings. The summed E-state index contributed by atoms with van der Waals surface area (Å²) in [7, 11) is 0. The lowest BCUT2D eigenvalue weighted by Crippen LogP contribution is -2.50. The summed E-state index contributed by atoms with van der Waals surface area (Å²) in [4.78, 5) is 40.5. The van der Waals surface area contributed by atoms with Crippen LogP contribution in [0.4, 0.5) is 5.69 Å². The van der Waals surface area contributed by atoms with Gasteiger partial charge in [0.05, 0.1) is 29.7 Å². The minimum absolute atomic E-state index is 0.186. The van der Waals surface area contributed by atoms with E-state index in [2.05, 4.69) is 0 Å². The van der Waals surface area contributed by atoms with E-state index >= 15 is 0 Å². The molecule has 0 radical (unpaired) electrons. The molecule has 0 unspecified atom stereocenters. The number of ether oxygens (including phenoxy) is 1. The highest BCUT2D eigenvalue weighted by atomic mass is 35.5. The summed E-state index contributed by atoms with van der Waals surface area (Å²) in [5.74, 6) is -2.98. The Morgan fingerprint density at radius 2 is 1.48 bits per heavy atom. The zero-order chi connectivity index (χ0) is 22.9. The second kappa shape index (κ2) is 7.03. The van der Waals surface area contributed by atoms with E-state index in [-0.39, 0.29) is 35.6 Å². The number of hydrogen-bond acceptors (Lipinski definition) is 4. The predicted octanol–water partition coefficient (Wildman–Crippen LogP) is 4.61. The van der Waals surface area contributed by atoms with Gasteiger partial charge in [-0.1, -0.05) is 60.7 Å². The molecule has 1 fully saturated rings. The lowest BCUT2D eigenvalue weighted by Gasteiger charge is -2.50. The summed E-state index contributed by atoms with van der Waals surface area (Å²) < 4.78 is 5.18. The molecule has 6 heteroatoms. The van der Waals surface area contributed by atoms with Crippen LogP contribution < -0.4 is 4.90 Å². The number of nitrogens with zero attached hydrogens (tertiary/aromatic N) is 1. The molecule has 2 atom stereocenters. The molecule has 0 N–H and O–H groups in total. The molecule has 1 heterocycles. The topological polar surface area (TPSA) is 63.7 Å². The number of alkyl halides is 1. The van der Waals surface area contributed by atoms with Crippen molar-refractivity contribution in [3.05, 3.63) is 101 Å². The Balaban J connectivity index is 1.56. The first-order valence-corrected chi connectivity index (χ1v) is 11.4. The molecule has 3 aromatic rings. The van der Waals surface area contributed by atoms with E-state index in [9.17, 15) is 14.4 Å². The molecule has 7 rings (SSSR count). The van der Waals surface area contributed by atoms with Crippen LogP contribution in [0.1, 0.15) is 45.5 Å². The van der Waals surface area contributed by atoms with Gasteiger partial charge in [0.1, 0.15) is 4.87 Å². The number of halogens is 1. The zero-order valence-electron chi connectivity index (χ0n) is 17.8. The van der Waals surface area contributed by atoms with Crippen LogP contribution in [-0.4, -0.2) is 24.4 Å². The maximum atomic E-state index is 14.0. The third-order valence-electron chi connectivity index (χ3n) is 7.15. The quantitative estimate of drug-likeness (QED) is 0.327. The van der Waals surface area contributed by atoms with Gasteiger partial charge in [0.25, 0.3) is 0 Å². The number of rotatable bonds is 3. The average molecular weight is 458 g/mol. The highest BCUT2D eigenvalue weighted by Crippen LogP contribution is 2.65. The highest BCUT2D eigenvalue weighted by Gasteiger charge is 2.68. The van der Waals surface area contributed by atoms with Gasteiger partial charge in [-0.25, -0.2) is 9.69 Å². The number of para-hydroxylation sites is 1. The van der Waals surface area contributed by atoms with E-state index in [0.29, 0.717) is 0 Å². The summed E-state index contributed by atoms with van der Waals surface area (Å²) in [6.45, 7) is 1.91. The van der Waals surface area contributed by atoms with E-state index in [0.717, 1.165) is 27.2 Å². The molecule has 1 aliphatic heterocycles. The standard InChI is InChI=1S/C27H20ClNO4/c1-2-33-26(32)17-11-5-8-14-20(17)29-24(30)22-21-15-9-3-6-12-18(15)27(28,23(22)25(29)31)19-13-7-4-10-16(19)21/h3-14,21-23H,2H2,1H3/t21?,22-,23+,27?/m1/s1. The predicted molar refractivity (Wildman–Crippen MR) is 123 cm³/mol. The summed E-state index contributed by atoms with van der Waals surface area (Å²) in [6.07, 6.45) is 0. The fraction of sp³-hybridized carbons (Fsp3) is 0.222. The largest absolute Gasteiger partial charge is 0.462 e. The van der Waals surface area contributed by atoms with Crippen LogP contribution in [0.3, 0.4) is 0 Å². The Morgan fingerprint density at radius 3 is 2.12 bits per heavy atom. The van der Waals surface area contributed by atoms with Crippen molar-refractivity contribution in [2.24, 2.45) is 11.8 Å². The van der Waals surface area contributed by atoms with Gasteiger partial charge in [0, 0.05) is 5.92 Å². The summed E-state index contributed by atoms with van der Waals surface area (Å²) >= 11 is 7.43. The lowest BCUT2D eigenvalue weighted by atomic mass is 9.54. The Morgan fingerprint density at radius 1 is 0.909 bits per heavy atom. The number of imide groups is 1. The minimum Gasteiger partial charge on any atom is -0.462 e. The molecular weight excluding hydrogens is 438 g/mol. The van der Waals surface area contributed by atoms with Gasteiger partial charge in [-0.15, -0.1) is 11.6 Å². The van der Waals surface area contributed by atoms with Crippen LogP contribution in [-0.2, 0) is 19.2 Å². The summed E-state index contributed by atoms with van der Waals surface area (Å²) in [5.41, 5.74) is 4.14. The SMILES string of the molecule is CCOC(=O)c1ccccc1N1C(=O)[C@@H]2C3c4ccccc4C(Cl)(c4ccccc43)[C@@H]2C1=O. The van der Waals surface area contributed by atoms with Crippen LogP contribution >= 0.6 is 11.6 Å². The normalized spacial score (nSPS) is 26.6. The first-order valence-electron chi connectivity index (χ1n) is 11.0. The molecule has 0 spiro atoms. The first-order chi connectivity index (χ1) is 16.0. The van der Waals surface area contributed by atoms with Crippen LogP contribution in [0.2, 0.25) is 0 Å². The van der Waals surface area contributed by atoms with Gasteiger partial charge in [-0.3, -0.25) is 9.59 Å². The van der Waals surface area contributed by atoms with Crippen molar-refractivity contribution in [3.8, 4) is 0 Å². The minimum atomic E-state index is -1.16. The first kappa shape index (κ1) is 20.2. The van der Waals surface area contributed by atoms with Crippen LogP contribution in [0.15, 0.2) is 72.8 Å². The second-order valence-corrected chi connectivity index (χ2v) is 9.21. The average Bonchev–Trinajstić information content (AvgIpc) is 3.11. The smallest absolute Gasteiger partial charge is 0.340 e. The van der Waals surface area contributed by atoms with Gasteiger partial charge in [0.15, 0.2) is 0 Å². The maximum Gasteiger partial charge on any atom is 0.340 e. The molecular formula is C27H20ClNO4. The summed E-state index contributed by atoms with van der Waals surface area (Å²) in [6, 6.07) is 22.2. The van der Waals surface area contributed by atoms with Crippen molar-refractivity contribution < 1.29 is 19.1 Å². The van der Waals surface area contributed by atoms with E-state index < -0.39 is 22.7 Å². The van der Waals surface area contributed by atoms with Gasteiger partial charge in [-0.2, -0.15) is 0 Å². The fourth-order valence-electron chi connectivity index (χ4n) is 5.97. The van der Waals surface area contributed by atoms with Gasteiger partial charge >= 0.3 is 5.97 Å². The van der Waals surface area contributed by atoms with E-state index in [1.54, 1.807) is 31.2 Å². The van der Waals surface area contributed by atoms with Gasteiger partial charge < -0.3 is 4.74 Å². The van der Waals surface area contributed by atoms with Crippen molar-refractivity contribution in [2.45, 2.75) is 17.7 Å². The Kier molecular flexibility index (Phi) is 4.30. The molecule has 164 valence electrons. The number of anilines is 1. The second-order valence-electron chi connectivity index (χ2n) is 8.62. The third-order valence-corrected chi connectivity index (χ3v) is 7.80. The zero-order valence-corrected chi connectivity index (χ0v) is 18.6. The number of carbonyl (C=O) groups is 3. The Labute approximate surface area is 195 Å². The third kappa shape index (κ3) is 2.46. The number of carbonyl (C=O) groups excluding carboxylic acids is 3. The molecule has 1 saturated heterocycles. The van der Waals surface area contributed by atoms with Crippen LogP contribution in [0.5, 0.6) is 0 Å². The molecule has 2 amide bonds. The van der Waals surface area contributed by atoms with E-state index in [1.165, 1.54) is 0 Å². The lowest BCUT2D eigenvalue weighted by molar-refractivity contribution is -0.122. The fourth-order valence-corrected chi connectivity index (χ4v) is 6.54. The van der Waals surface area contributed by atoms with E-state index in [4.69, 9.17) is 16.3 Å². The molecule has 2 bridgehead atoms. The summed E-state index contributed by atoms with van der Waals surface area (Å²) in [5, 5.41) is 0. The number of benzene rings is 3. The Bertz CT molecular complexity index is 1300. The molecule has 0 aromatic heterocycles. The number of esters is 1. The van der Waals surface area contributed by atoms with Gasteiger partial charge in [0.2, 0.25) is 11.8 Å². The van der Waals surface area contributed by atoms with Gasteiger partial charge in [-0.05, 0) is 41.3 Å². The van der Waals surface area contributed by atoms with E-state index in [1.807, 2.05) is 48.5 Å². The highest BCUT2D eigenvalue weighted by molar-refractivity contribution is 6.34. The monoisotopic (exact) mass is 457 g/mol. The van der Waals surface area contributed by atoms with Crippen molar-refractivity contribution >= 4 is 35.1 Å². The Hall–Kier alpha value is -3.44. The van der Waals surface area contributed by atoms with Crippen LogP contribution in [0, 0.1) is 11.8 Å². The molecule has 5 nitrogen and oxygen atoms in total. The molecule has 3 aromatic carbocycles. The number of amides is 2. The molecule has 33 heavy (non-hydrogen) atoms. The maximum absolute atomic E-state index is 14.0. The van der Waals surface area contributed by atoms with Crippen molar-refractivity contribution in [1.82, 2.24) is 0 Å². The number of hydrogen-bond donors (Lipinski definition) is 0. The molecule has 0 saturated carbocycles. The van der Waals surface area contributed by atoms with Crippen molar-refractivity contribution in [1.29, 1.82) is 0 Å². The van der Waals surface area contributed by atoms with Crippen molar-refractivity contribution in [2.75, 3.05) is 11.5 Å². The van der Waals surface area contributed by atoms with Crippen molar-refractivity contribution in [3.63, 3.8) is 0 Å². The van der Waals surface area contributed by atoms with Crippen LogP contribution in [0.25, 0.3) is 0 Å².